The molecule has 0 radical (unpaired) electrons. The second-order valence-electron chi connectivity index (χ2n) is 6.56. The van der Waals surface area contributed by atoms with Gasteiger partial charge in [-0.25, -0.2) is 4.98 Å². The number of aryl methyl sites for hydroxylation is 1. The van der Waals surface area contributed by atoms with Crippen molar-refractivity contribution >= 4 is 17.3 Å². The molecule has 0 amide bonds. The SMILES string of the molecule is CCNC(=NCCc1ncc(C)s1)NC1CCN(C2CC2)CC1. The molecule has 23 heavy (non-hydrogen) atoms. The fourth-order valence-corrected chi connectivity index (χ4v) is 3.92. The molecule has 2 aliphatic rings. The maximum absolute atomic E-state index is 4.73. The van der Waals surface area contributed by atoms with Gasteiger partial charge in [-0.15, -0.1) is 11.3 Å². The first-order valence-corrected chi connectivity index (χ1v) is 9.76. The summed E-state index contributed by atoms with van der Waals surface area (Å²) in [6.45, 7) is 8.40. The smallest absolute Gasteiger partial charge is 0.191 e. The van der Waals surface area contributed by atoms with Gasteiger partial charge >= 0.3 is 0 Å². The predicted molar refractivity (Wildman–Crippen MR) is 97.3 cm³/mol. The third-order valence-corrected chi connectivity index (χ3v) is 5.52. The molecule has 0 aromatic carbocycles. The molecule has 2 fully saturated rings. The molecule has 0 atom stereocenters. The van der Waals surface area contributed by atoms with Crippen LogP contribution in [-0.2, 0) is 6.42 Å². The number of aliphatic imine (C=N–C) groups is 1. The lowest BCUT2D eigenvalue weighted by atomic mass is 10.1. The first kappa shape index (κ1) is 16.7. The van der Waals surface area contributed by atoms with Gasteiger partial charge < -0.3 is 15.5 Å². The Labute approximate surface area is 143 Å². The van der Waals surface area contributed by atoms with Crippen LogP contribution < -0.4 is 10.6 Å². The zero-order valence-corrected chi connectivity index (χ0v) is 15.2. The van der Waals surface area contributed by atoms with E-state index in [1.807, 2.05) is 6.20 Å². The van der Waals surface area contributed by atoms with Gasteiger partial charge in [-0.2, -0.15) is 0 Å². The van der Waals surface area contributed by atoms with E-state index in [0.717, 1.165) is 31.5 Å². The highest BCUT2D eigenvalue weighted by Crippen LogP contribution is 2.29. The summed E-state index contributed by atoms with van der Waals surface area (Å²) in [5.41, 5.74) is 0. The lowest BCUT2D eigenvalue weighted by molar-refractivity contribution is 0.197. The summed E-state index contributed by atoms with van der Waals surface area (Å²) in [6, 6.07) is 1.46. The molecule has 3 rings (SSSR count). The van der Waals surface area contributed by atoms with Crippen molar-refractivity contribution in [1.29, 1.82) is 0 Å². The highest BCUT2D eigenvalue weighted by Gasteiger charge is 2.31. The Kier molecular flexibility index (Phi) is 5.89. The normalized spacial score (nSPS) is 20.7. The molecule has 1 saturated carbocycles. The average molecular weight is 336 g/mol. The van der Waals surface area contributed by atoms with Crippen molar-refractivity contribution in [3.05, 3.63) is 16.1 Å². The number of nitrogens with zero attached hydrogens (tertiary/aromatic N) is 3. The van der Waals surface area contributed by atoms with Gasteiger partial charge in [0.05, 0.1) is 5.01 Å². The molecule has 2 heterocycles. The third-order valence-electron chi connectivity index (χ3n) is 4.54. The summed E-state index contributed by atoms with van der Waals surface area (Å²) in [6.07, 6.45) is 8.16. The van der Waals surface area contributed by atoms with Crippen molar-refractivity contribution in [2.24, 2.45) is 4.99 Å². The Morgan fingerprint density at radius 1 is 1.35 bits per heavy atom. The van der Waals surface area contributed by atoms with Gasteiger partial charge in [0, 0.05) is 55.8 Å². The van der Waals surface area contributed by atoms with Gasteiger partial charge in [-0.1, -0.05) is 0 Å². The molecule has 1 saturated heterocycles. The van der Waals surface area contributed by atoms with Crippen LogP contribution >= 0.6 is 11.3 Å². The van der Waals surface area contributed by atoms with E-state index in [1.165, 1.54) is 48.7 Å². The van der Waals surface area contributed by atoms with Gasteiger partial charge in [-0.05, 0) is 39.5 Å². The number of thiazole rings is 1. The molecule has 1 aromatic heterocycles. The molecule has 6 heteroatoms. The van der Waals surface area contributed by atoms with Crippen molar-refractivity contribution in [1.82, 2.24) is 20.5 Å². The molecule has 0 spiro atoms. The molecule has 1 aliphatic heterocycles. The largest absolute Gasteiger partial charge is 0.357 e. The van der Waals surface area contributed by atoms with Crippen LogP contribution in [0.3, 0.4) is 0 Å². The highest BCUT2D eigenvalue weighted by atomic mass is 32.1. The summed E-state index contributed by atoms with van der Waals surface area (Å²) in [5, 5.41) is 8.18. The second kappa shape index (κ2) is 8.11. The van der Waals surface area contributed by atoms with E-state index in [2.05, 4.69) is 34.4 Å². The van der Waals surface area contributed by atoms with Crippen LogP contribution in [-0.4, -0.2) is 54.1 Å². The number of likely N-dealkylation sites (tertiary alicyclic amines) is 1. The Morgan fingerprint density at radius 3 is 2.74 bits per heavy atom. The van der Waals surface area contributed by atoms with Crippen molar-refractivity contribution < 1.29 is 0 Å². The Hall–Kier alpha value is -1.14. The van der Waals surface area contributed by atoms with Crippen molar-refractivity contribution in [3.63, 3.8) is 0 Å². The zero-order valence-electron chi connectivity index (χ0n) is 14.3. The van der Waals surface area contributed by atoms with Crippen molar-refractivity contribution in [2.45, 2.75) is 58.0 Å². The third kappa shape index (κ3) is 5.18. The molecule has 1 aliphatic carbocycles. The number of rotatable bonds is 6. The summed E-state index contributed by atoms with van der Waals surface area (Å²) >= 11 is 1.77. The van der Waals surface area contributed by atoms with E-state index in [-0.39, 0.29) is 0 Å². The molecule has 1 aromatic rings. The van der Waals surface area contributed by atoms with E-state index in [0.29, 0.717) is 6.04 Å². The second-order valence-corrected chi connectivity index (χ2v) is 7.88. The minimum absolute atomic E-state index is 0.560. The fourth-order valence-electron chi connectivity index (χ4n) is 3.14. The summed E-state index contributed by atoms with van der Waals surface area (Å²) < 4.78 is 0. The summed E-state index contributed by atoms with van der Waals surface area (Å²) in [5.74, 6) is 0.964. The fraction of sp³-hybridized carbons (Fsp3) is 0.765. The van der Waals surface area contributed by atoms with Crippen LogP contribution in [0.25, 0.3) is 0 Å². The maximum atomic E-state index is 4.73. The summed E-state index contributed by atoms with van der Waals surface area (Å²) in [7, 11) is 0. The van der Waals surface area contributed by atoms with Gasteiger partial charge in [0.15, 0.2) is 5.96 Å². The lowest BCUT2D eigenvalue weighted by Gasteiger charge is -2.33. The van der Waals surface area contributed by atoms with Gasteiger partial charge in [0.1, 0.15) is 0 Å². The minimum atomic E-state index is 0.560. The molecular weight excluding hydrogens is 306 g/mol. The number of piperidine rings is 1. The summed E-state index contributed by atoms with van der Waals surface area (Å²) in [4.78, 5) is 13.1. The van der Waals surface area contributed by atoms with Crippen molar-refractivity contribution in [2.75, 3.05) is 26.2 Å². The van der Waals surface area contributed by atoms with Crippen LogP contribution in [0.2, 0.25) is 0 Å². The number of nitrogens with one attached hydrogen (secondary N) is 2. The highest BCUT2D eigenvalue weighted by molar-refractivity contribution is 7.11. The quantitative estimate of drug-likeness (QED) is 0.618. The van der Waals surface area contributed by atoms with Crippen LogP contribution in [0.1, 0.15) is 42.5 Å². The average Bonchev–Trinajstić information content (AvgIpc) is 3.31. The van der Waals surface area contributed by atoms with Crippen molar-refractivity contribution in [3.8, 4) is 0 Å². The Balaban J connectivity index is 1.44. The topological polar surface area (TPSA) is 52.6 Å². The molecule has 2 N–H and O–H groups in total. The monoisotopic (exact) mass is 335 g/mol. The van der Waals surface area contributed by atoms with E-state index in [9.17, 15) is 0 Å². The van der Waals surface area contributed by atoms with Gasteiger partial charge in [-0.3, -0.25) is 4.99 Å². The van der Waals surface area contributed by atoms with Crippen LogP contribution in [0.5, 0.6) is 0 Å². The number of guanidine groups is 1. The van der Waals surface area contributed by atoms with Crippen LogP contribution in [0.4, 0.5) is 0 Å². The Morgan fingerprint density at radius 2 is 2.13 bits per heavy atom. The molecular formula is C17H29N5S. The minimum Gasteiger partial charge on any atom is -0.357 e. The van der Waals surface area contributed by atoms with E-state index in [1.54, 1.807) is 11.3 Å². The first-order chi connectivity index (χ1) is 11.2. The van der Waals surface area contributed by atoms with E-state index in [4.69, 9.17) is 4.99 Å². The van der Waals surface area contributed by atoms with E-state index >= 15 is 0 Å². The lowest BCUT2D eigenvalue weighted by Crippen LogP contribution is -2.49. The number of hydrogen-bond donors (Lipinski definition) is 2. The molecule has 0 bridgehead atoms. The van der Waals surface area contributed by atoms with Gasteiger partial charge in [0.25, 0.3) is 0 Å². The maximum Gasteiger partial charge on any atom is 0.191 e. The van der Waals surface area contributed by atoms with E-state index < -0.39 is 0 Å². The number of aromatic nitrogens is 1. The number of hydrogen-bond acceptors (Lipinski definition) is 4. The van der Waals surface area contributed by atoms with Gasteiger partial charge in [0.2, 0.25) is 0 Å². The van der Waals surface area contributed by atoms with Crippen LogP contribution in [0, 0.1) is 6.92 Å². The molecule has 128 valence electrons. The molecule has 0 unspecified atom stereocenters. The Bertz CT molecular complexity index is 515. The zero-order chi connectivity index (χ0) is 16.1. The molecule has 5 nitrogen and oxygen atoms in total. The standard InChI is InChI=1S/C17H29N5S/c1-3-18-17(19-9-6-16-20-12-13(2)23-16)21-14-7-10-22(11-8-14)15-4-5-15/h12,14-15H,3-11H2,1-2H3,(H2,18,19,21). The predicted octanol–water partition coefficient (Wildman–Crippen LogP) is 2.18. The van der Waals surface area contributed by atoms with Crippen LogP contribution in [0.15, 0.2) is 11.2 Å². The first-order valence-electron chi connectivity index (χ1n) is 8.95.